The molecule has 0 aliphatic carbocycles. The number of aromatic nitrogens is 4. The molecule has 0 aliphatic heterocycles. The Hall–Kier alpha value is -0.940. The summed E-state index contributed by atoms with van der Waals surface area (Å²) in [6, 6.07) is 4.35. The summed E-state index contributed by atoms with van der Waals surface area (Å²) in [5.41, 5.74) is 0. The van der Waals surface area contributed by atoms with Crippen LogP contribution in [0, 0.1) is 6.92 Å². The molecule has 0 fully saturated rings. The van der Waals surface area contributed by atoms with Crippen LogP contribution in [0.5, 0.6) is 0 Å². The van der Waals surface area contributed by atoms with E-state index in [1.54, 1.807) is 16.0 Å². The van der Waals surface area contributed by atoms with E-state index in [9.17, 15) is 0 Å². The molecule has 1 unspecified atom stereocenters. The molecular formula is C9H11ClN4S. The average Bonchev–Trinajstić information content (AvgIpc) is 2.84. The second kappa shape index (κ2) is 4.28. The van der Waals surface area contributed by atoms with Gasteiger partial charge in [0.2, 0.25) is 0 Å². The lowest BCUT2D eigenvalue weighted by Crippen LogP contribution is -2.10. The molecule has 0 aromatic carbocycles. The van der Waals surface area contributed by atoms with Crippen LogP contribution in [0.25, 0.3) is 0 Å². The normalized spacial score (nSPS) is 13.0. The van der Waals surface area contributed by atoms with E-state index in [-0.39, 0.29) is 6.04 Å². The van der Waals surface area contributed by atoms with Gasteiger partial charge in [-0.1, -0.05) is 0 Å². The van der Waals surface area contributed by atoms with Crippen LogP contribution in [0.3, 0.4) is 0 Å². The van der Waals surface area contributed by atoms with E-state index in [2.05, 4.69) is 41.5 Å². The topological polar surface area (TPSA) is 43.6 Å². The molecular weight excluding hydrogens is 232 g/mol. The molecule has 0 bridgehead atoms. The predicted molar refractivity (Wildman–Crippen MR) is 60.2 cm³/mol. The van der Waals surface area contributed by atoms with Crippen LogP contribution < -0.4 is 0 Å². The van der Waals surface area contributed by atoms with E-state index in [0.717, 1.165) is 0 Å². The van der Waals surface area contributed by atoms with E-state index in [1.807, 2.05) is 0 Å². The first kappa shape index (κ1) is 10.6. The fraction of sp³-hybridized carbons (Fsp3) is 0.444. The molecule has 2 aromatic heterocycles. The monoisotopic (exact) mass is 242 g/mol. The summed E-state index contributed by atoms with van der Waals surface area (Å²) >= 11 is 7.50. The van der Waals surface area contributed by atoms with Gasteiger partial charge in [0.15, 0.2) is 5.82 Å². The summed E-state index contributed by atoms with van der Waals surface area (Å²) in [4.78, 5) is 2.53. The zero-order chi connectivity index (χ0) is 10.8. The minimum absolute atomic E-state index is 0.146. The molecule has 2 rings (SSSR count). The molecule has 0 radical (unpaired) electrons. The van der Waals surface area contributed by atoms with Crippen molar-refractivity contribution in [3.05, 3.63) is 27.7 Å². The lowest BCUT2D eigenvalue weighted by atomic mass is 10.3. The van der Waals surface area contributed by atoms with Crippen LogP contribution >= 0.6 is 22.9 Å². The zero-order valence-corrected chi connectivity index (χ0v) is 10.1. The van der Waals surface area contributed by atoms with E-state index in [1.165, 1.54) is 9.75 Å². The van der Waals surface area contributed by atoms with Crippen molar-refractivity contribution >= 4 is 22.9 Å². The molecule has 2 heterocycles. The molecule has 15 heavy (non-hydrogen) atoms. The lowest BCUT2D eigenvalue weighted by Gasteiger charge is -2.10. The average molecular weight is 243 g/mol. The van der Waals surface area contributed by atoms with Gasteiger partial charge in [0, 0.05) is 9.75 Å². The summed E-state index contributed by atoms with van der Waals surface area (Å²) < 4.78 is 1.76. The van der Waals surface area contributed by atoms with Gasteiger partial charge in [-0.15, -0.1) is 28.0 Å². The van der Waals surface area contributed by atoms with Gasteiger partial charge >= 0.3 is 0 Å². The SMILES string of the molecule is Cc1ccc(C(C)n2nnnc2CCl)s1. The zero-order valence-electron chi connectivity index (χ0n) is 8.51. The molecule has 0 saturated heterocycles. The van der Waals surface area contributed by atoms with Gasteiger partial charge in [-0.05, 0) is 36.4 Å². The standard InChI is InChI=1S/C9H11ClN4S/c1-6-3-4-8(15-6)7(2)14-9(5-10)11-12-13-14/h3-4,7H,5H2,1-2H3. The van der Waals surface area contributed by atoms with Crippen molar-refractivity contribution in [3.8, 4) is 0 Å². The van der Waals surface area contributed by atoms with Gasteiger partial charge in [0.25, 0.3) is 0 Å². The summed E-state index contributed by atoms with van der Waals surface area (Å²) in [5, 5.41) is 11.4. The van der Waals surface area contributed by atoms with Crippen molar-refractivity contribution in [1.82, 2.24) is 20.2 Å². The number of hydrogen-bond acceptors (Lipinski definition) is 4. The van der Waals surface area contributed by atoms with E-state index in [4.69, 9.17) is 11.6 Å². The van der Waals surface area contributed by atoms with Crippen molar-refractivity contribution in [1.29, 1.82) is 0 Å². The highest BCUT2D eigenvalue weighted by Gasteiger charge is 2.15. The van der Waals surface area contributed by atoms with Crippen molar-refractivity contribution < 1.29 is 0 Å². The maximum atomic E-state index is 5.75. The van der Waals surface area contributed by atoms with E-state index in [0.29, 0.717) is 11.7 Å². The highest BCUT2D eigenvalue weighted by atomic mass is 35.5. The lowest BCUT2D eigenvalue weighted by molar-refractivity contribution is 0.535. The quantitative estimate of drug-likeness (QED) is 0.777. The number of aryl methyl sites for hydroxylation is 1. The van der Waals surface area contributed by atoms with Gasteiger partial charge < -0.3 is 0 Å². The van der Waals surface area contributed by atoms with Crippen LogP contribution in [-0.4, -0.2) is 20.2 Å². The smallest absolute Gasteiger partial charge is 0.166 e. The minimum atomic E-state index is 0.146. The molecule has 4 nitrogen and oxygen atoms in total. The van der Waals surface area contributed by atoms with E-state index < -0.39 is 0 Å². The first-order valence-electron chi connectivity index (χ1n) is 4.61. The number of halogens is 1. The minimum Gasteiger partial charge on any atom is -0.220 e. The number of nitrogens with zero attached hydrogens (tertiary/aromatic N) is 4. The van der Waals surface area contributed by atoms with Crippen molar-refractivity contribution in [2.24, 2.45) is 0 Å². The summed E-state index contributed by atoms with van der Waals surface area (Å²) in [5.74, 6) is 1.04. The number of tetrazole rings is 1. The Kier molecular flexibility index (Phi) is 3.02. The largest absolute Gasteiger partial charge is 0.220 e. The first-order valence-corrected chi connectivity index (χ1v) is 5.96. The Balaban J connectivity index is 2.31. The van der Waals surface area contributed by atoms with Crippen molar-refractivity contribution in [2.45, 2.75) is 25.8 Å². The Morgan fingerprint density at radius 1 is 1.53 bits per heavy atom. The van der Waals surface area contributed by atoms with Crippen molar-refractivity contribution in [3.63, 3.8) is 0 Å². The summed E-state index contributed by atoms with van der Waals surface area (Å²) in [6.07, 6.45) is 0. The number of rotatable bonds is 3. The first-order chi connectivity index (χ1) is 7.22. The third-order valence-corrected chi connectivity index (χ3v) is 3.63. The third-order valence-electron chi connectivity index (χ3n) is 2.22. The van der Waals surface area contributed by atoms with Crippen molar-refractivity contribution in [2.75, 3.05) is 0 Å². The van der Waals surface area contributed by atoms with Crippen LogP contribution in [0.1, 0.15) is 28.5 Å². The molecule has 0 saturated carbocycles. The van der Waals surface area contributed by atoms with Crippen LogP contribution in [-0.2, 0) is 5.88 Å². The van der Waals surface area contributed by atoms with Crippen LogP contribution in [0.2, 0.25) is 0 Å². The maximum absolute atomic E-state index is 5.75. The van der Waals surface area contributed by atoms with Gasteiger partial charge in [-0.25, -0.2) is 4.68 Å². The Morgan fingerprint density at radius 2 is 2.33 bits per heavy atom. The molecule has 0 spiro atoms. The highest BCUT2D eigenvalue weighted by Crippen LogP contribution is 2.25. The Morgan fingerprint density at radius 3 is 2.93 bits per heavy atom. The number of hydrogen-bond donors (Lipinski definition) is 0. The second-order valence-electron chi connectivity index (χ2n) is 3.30. The molecule has 0 N–H and O–H groups in total. The maximum Gasteiger partial charge on any atom is 0.166 e. The molecule has 1 atom stereocenters. The second-order valence-corrected chi connectivity index (χ2v) is 4.88. The van der Waals surface area contributed by atoms with Gasteiger partial charge in [-0.3, -0.25) is 0 Å². The van der Waals surface area contributed by atoms with Gasteiger partial charge in [-0.2, -0.15) is 0 Å². The van der Waals surface area contributed by atoms with Gasteiger partial charge in [0.05, 0.1) is 11.9 Å². The Bertz CT molecular complexity index is 450. The van der Waals surface area contributed by atoms with Gasteiger partial charge in [0.1, 0.15) is 0 Å². The Labute approximate surface area is 96.9 Å². The fourth-order valence-corrected chi connectivity index (χ4v) is 2.49. The number of alkyl halides is 1. The molecule has 80 valence electrons. The fourth-order valence-electron chi connectivity index (χ4n) is 1.40. The number of thiophene rings is 1. The van der Waals surface area contributed by atoms with Crippen LogP contribution in [0.4, 0.5) is 0 Å². The highest BCUT2D eigenvalue weighted by molar-refractivity contribution is 7.12. The summed E-state index contributed by atoms with van der Waals surface area (Å²) in [6.45, 7) is 4.15. The van der Waals surface area contributed by atoms with Crippen LogP contribution in [0.15, 0.2) is 12.1 Å². The molecule has 0 amide bonds. The third kappa shape index (κ3) is 2.03. The van der Waals surface area contributed by atoms with E-state index >= 15 is 0 Å². The molecule has 0 aliphatic rings. The predicted octanol–water partition coefficient (Wildman–Crippen LogP) is 2.39. The molecule has 2 aromatic rings. The summed E-state index contributed by atoms with van der Waals surface area (Å²) in [7, 11) is 0. The molecule has 6 heteroatoms.